The number of nitrogens with one attached hydrogen (secondary N) is 1. The first-order chi connectivity index (χ1) is 7.88. The minimum absolute atomic E-state index is 0. The summed E-state index contributed by atoms with van der Waals surface area (Å²) in [4.78, 5) is 0. The van der Waals surface area contributed by atoms with Crippen LogP contribution in [0, 0.1) is 0 Å². The van der Waals surface area contributed by atoms with Gasteiger partial charge in [-0.25, -0.2) is 0 Å². The number of aryl methyl sites for hydroxylation is 1. The van der Waals surface area contributed by atoms with Crippen molar-refractivity contribution in [1.29, 1.82) is 0 Å². The van der Waals surface area contributed by atoms with Crippen molar-refractivity contribution in [3.63, 3.8) is 0 Å². The summed E-state index contributed by atoms with van der Waals surface area (Å²) in [5.41, 5.74) is 2.91. The van der Waals surface area contributed by atoms with Gasteiger partial charge >= 0.3 is 0 Å². The number of likely N-dealkylation sites (N-methyl/N-ethyl adjacent to an activating group) is 1. The molecule has 0 saturated heterocycles. The maximum absolute atomic E-state index is 5.55. The van der Waals surface area contributed by atoms with Gasteiger partial charge in [-0.05, 0) is 31.0 Å². The summed E-state index contributed by atoms with van der Waals surface area (Å²) >= 11 is 0. The minimum Gasteiger partial charge on any atom is -0.380 e. The topological polar surface area (TPSA) is 21.3 Å². The van der Waals surface area contributed by atoms with Crippen LogP contribution in [0.5, 0.6) is 0 Å². The van der Waals surface area contributed by atoms with E-state index in [0.29, 0.717) is 0 Å². The number of rotatable bonds is 8. The zero-order valence-electron chi connectivity index (χ0n) is 10.5. The first-order valence-electron chi connectivity index (χ1n) is 6.17. The van der Waals surface area contributed by atoms with Gasteiger partial charge in [0.25, 0.3) is 0 Å². The highest BCUT2D eigenvalue weighted by Gasteiger charge is 2.00. The molecule has 0 unspecified atom stereocenters. The fourth-order valence-electron chi connectivity index (χ4n) is 1.77. The van der Waals surface area contributed by atoms with Gasteiger partial charge in [0.2, 0.25) is 0 Å². The second-order valence-electron chi connectivity index (χ2n) is 3.98. The van der Waals surface area contributed by atoms with Crippen LogP contribution in [0.15, 0.2) is 24.3 Å². The summed E-state index contributed by atoms with van der Waals surface area (Å²) in [7, 11) is 1.94. The van der Waals surface area contributed by atoms with Crippen LogP contribution in [0.4, 0.5) is 0 Å². The summed E-state index contributed by atoms with van der Waals surface area (Å²) in [6.45, 7) is 4.77. The third kappa shape index (κ3) is 4.77. The van der Waals surface area contributed by atoms with Gasteiger partial charge in [0.15, 0.2) is 0 Å². The minimum atomic E-state index is 0. The van der Waals surface area contributed by atoms with E-state index in [4.69, 9.17) is 4.74 Å². The lowest BCUT2D eigenvalue weighted by Crippen LogP contribution is -2.15. The molecule has 0 amide bonds. The molecule has 2 heteroatoms. The van der Waals surface area contributed by atoms with Crippen molar-refractivity contribution in [2.24, 2.45) is 0 Å². The molecule has 0 saturated carbocycles. The summed E-state index contributed by atoms with van der Waals surface area (Å²) in [5, 5.41) is 3.07. The normalized spacial score (nSPS) is 10.6. The number of ether oxygens (including phenoxy) is 1. The van der Waals surface area contributed by atoms with Gasteiger partial charge in [-0.1, -0.05) is 37.6 Å². The third-order valence-corrected chi connectivity index (χ3v) is 2.65. The largest absolute Gasteiger partial charge is 0.380 e. The molecule has 1 N–H and O–H groups in total. The fraction of sp³-hybridized carbons (Fsp3) is 0.571. The van der Waals surface area contributed by atoms with Gasteiger partial charge in [0.1, 0.15) is 0 Å². The van der Waals surface area contributed by atoms with Crippen molar-refractivity contribution < 1.29 is 6.16 Å². The van der Waals surface area contributed by atoms with Crippen LogP contribution >= 0.6 is 0 Å². The van der Waals surface area contributed by atoms with Gasteiger partial charge < -0.3 is 10.1 Å². The van der Waals surface area contributed by atoms with Crippen LogP contribution in [-0.4, -0.2) is 26.8 Å². The molecule has 0 heterocycles. The average Bonchev–Trinajstić information content (AvgIpc) is 2.31. The smallest absolute Gasteiger partial charge is 0.0590 e. The van der Waals surface area contributed by atoms with Crippen molar-refractivity contribution in [3.8, 4) is 0 Å². The van der Waals surface area contributed by atoms with E-state index < -0.39 is 0 Å². The Kier molecular flexibility index (Phi) is 6.86. The Morgan fingerprint density at radius 3 is 2.44 bits per heavy atom. The molecular weight excluding hydrogens is 198 g/mol. The average molecular weight is 223 g/mol. The molecule has 92 valence electrons. The van der Waals surface area contributed by atoms with E-state index in [2.05, 4.69) is 36.5 Å². The van der Waals surface area contributed by atoms with Crippen LogP contribution in [0.2, 0.25) is 0 Å². The van der Waals surface area contributed by atoms with Crippen LogP contribution in [0.3, 0.4) is 0 Å². The summed E-state index contributed by atoms with van der Waals surface area (Å²) < 4.78 is 5.55. The predicted octanol–water partition coefficient (Wildman–Crippen LogP) is 2.66. The van der Waals surface area contributed by atoms with Gasteiger partial charge in [-0.3, -0.25) is 0 Å². The maximum Gasteiger partial charge on any atom is 0.0590 e. The quantitative estimate of drug-likeness (QED) is 0.684. The highest BCUT2D eigenvalue weighted by atomic mass is 16.5. The van der Waals surface area contributed by atoms with E-state index in [9.17, 15) is 0 Å². The van der Waals surface area contributed by atoms with Crippen molar-refractivity contribution in [1.82, 2.24) is 5.32 Å². The Morgan fingerprint density at radius 2 is 1.81 bits per heavy atom. The Balaban J connectivity index is 0.00000256. The molecular formula is C14H25NO. The lowest BCUT2D eigenvalue weighted by molar-refractivity contribution is 0.140. The summed E-state index contributed by atoms with van der Waals surface area (Å²) in [5.74, 6) is 0. The second kappa shape index (κ2) is 8.31. The van der Waals surface area contributed by atoms with E-state index >= 15 is 0 Å². The van der Waals surface area contributed by atoms with Gasteiger partial charge in [0, 0.05) is 7.97 Å². The van der Waals surface area contributed by atoms with E-state index in [1.165, 1.54) is 24.0 Å². The van der Waals surface area contributed by atoms with Crippen LogP contribution in [0.1, 0.15) is 25.9 Å². The SMILES string of the molecule is CCCc1ccccc1CCOCCNC.[HH]. The van der Waals surface area contributed by atoms with Crippen molar-refractivity contribution >= 4 is 0 Å². The van der Waals surface area contributed by atoms with Gasteiger partial charge in [0.05, 0.1) is 13.2 Å². The molecule has 1 aromatic carbocycles. The third-order valence-electron chi connectivity index (χ3n) is 2.65. The molecule has 0 aliphatic carbocycles. The predicted molar refractivity (Wildman–Crippen MR) is 71.0 cm³/mol. The molecule has 0 radical (unpaired) electrons. The highest BCUT2D eigenvalue weighted by molar-refractivity contribution is 5.27. The molecule has 0 spiro atoms. The summed E-state index contributed by atoms with van der Waals surface area (Å²) in [6.07, 6.45) is 3.41. The molecule has 0 aliphatic rings. The number of hydrogen-bond donors (Lipinski definition) is 1. The van der Waals surface area contributed by atoms with Gasteiger partial charge in [-0.2, -0.15) is 0 Å². The molecule has 1 rings (SSSR count). The molecule has 1 aromatic rings. The van der Waals surface area contributed by atoms with Crippen LogP contribution in [-0.2, 0) is 17.6 Å². The molecule has 0 aromatic heterocycles. The monoisotopic (exact) mass is 223 g/mol. The van der Waals surface area contributed by atoms with Crippen LogP contribution in [0.25, 0.3) is 0 Å². The Hall–Kier alpha value is -0.860. The second-order valence-corrected chi connectivity index (χ2v) is 3.98. The summed E-state index contributed by atoms with van der Waals surface area (Å²) in [6, 6.07) is 8.68. The van der Waals surface area contributed by atoms with Crippen molar-refractivity contribution in [2.45, 2.75) is 26.2 Å². The molecule has 2 nitrogen and oxygen atoms in total. The zero-order valence-corrected chi connectivity index (χ0v) is 10.5. The first-order valence-corrected chi connectivity index (χ1v) is 6.17. The zero-order chi connectivity index (χ0) is 11.6. The number of hydrogen-bond acceptors (Lipinski definition) is 2. The molecule has 0 atom stereocenters. The maximum atomic E-state index is 5.55. The van der Waals surface area contributed by atoms with Gasteiger partial charge in [-0.15, -0.1) is 0 Å². The number of benzene rings is 1. The highest BCUT2D eigenvalue weighted by Crippen LogP contribution is 2.11. The Morgan fingerprint density at radius 1 is 1.12 bits per heavy atom. The fourth-order valence-corrected chi connectivity index (χ4v) is 1.77. The van der Waals surface area contributed by atoms with E-state index in [1.807, 2.05) is 7.05 Å². The van der Waals surface area contributed by atoms with Crippen molar-refractivity contribution in [3.05, 3.63) is 35.4 Å². The lowest BCUT2D eigenvalue weighted by Gasteiger charge is -2.09. The van der Waals surface area contributed by atoms with E-state index in [0.717, 1.165) is 26.2 Å². The molecule has 16 heavy (non-hydrogen) atoms. The Labute approximate surface area is 100 Å². The molecule has 0 bridgehead atoms. The van der Waals surface area contributed by atoms with Crippen molar-refractivity contribution in [2.75, 3.05) is 26.8 Å². The van der Waals surface area contributed by atoms with Crippen LogP contribution < -0.4 is 5.32 Å². The Bertz CT molecular complexity index is 291. The van der Waals surface area contributed by atoms with E-state index in [1.54, 1.807) is 0 Å². The first kappa shape index (κ1) is 13.2. The standard InChI is InChI=1S/C14H23NO.H2/c1-3-6-13-7-4-5-8-14(13)9-11-16-12-10-15-2;/h4-5,7-8,15H,3,6,9-12H2,1-2H3;1H. The molecule has 0 aliphatic heterocycles. The lowest BCUT2D eigenvalue weighted by atomic mass is 10.0. The van der Waals surface area contributed by atoms with E-state index in [-0.39, 0.29) is 1.43 Å². The molecule has 0 fully saturated rings.